The molecule has 1 unspecified atom stereocenters. The number of carbonyl (C=O) groups excluding carboxylic acids is 1. The smallest absolute Gasteiger partial charge is 0.326 e. The van der Waals surface area contributed by atoms with E-state index in [4.69, 9.17) is 0 Å². The number of carboxylic acids is 1. The second-order valence-electron chi connectivity index (χ2n) is 5.81. The highest BCUT2D eigenvalue weighted by Gasteiger charge is 2.38. The summed E-state index contributed by atoms with van der Waals surface area (Å²) in [7, 11) is 0. The summed E-state index contributed by atoms with van der Waals surface area (Å²) < 4.78 is 0. The number of rotatable bonds is 4. The molecule has 4 heteroatoms. The Morgan fingerprint density at radius 3 is 2.70 bits per heavy atom. The van der Waals surface area contributed by atoms with Crippen LogP contribution >= 0.6 is 0 Å². The number of hydrogen-bond donors (Lipinski definition) is 1. The zero-order chi connectivity index (χ0) is 14.1. The van der Waals surface area contributed by atoms with Crippen LogP contribution in [0.2, 0.25) is 0 Å². The van der Waals surface area contributed by atoms with Gasteiger partial charge in [-0.05, 0) is 24.0 Å². The fourth-order valence-electron chi connectivity index (χ4n) is 3.50. The highest BCUT2D eigenvalue weighted by Crippen LogP contribution is 2.35. The van der Waals surface area contributed by atoms with E-state index in [1.54, 1.807) is 0 Å². The lowest BCUT2D eigenvalue weighted by molar-refractivity contribution is -0.140. The molecule has 1 saturated carbocycles. The minimum atomic E-state index is -0.887. The van der Waals surface area contributed by atoms with Crippen molar-refractivity contribution in [2.75, 3.05) is 4.90 Å². The largest absolute Gasteiger partial charge is 0.480 e. The number of para-hydroxylation sites is 1. The zero-order valence-electron chi connectivity index (χ0n) is 11.4. The highest BCUT2D eigenvalue weighted by molar-refractivity contribution is 6.05. The Hall–Kier alpha value is -1.84. The van der Waals surface area contributed by atoms with E-state index in [0.29, 0.717) is 18.8 Å². The average Bonchev–Trinajstić information content (AvgIpc) is 3.02. The standard InChI is InChI=1S/C16H19NO3/c18-15-10-12-7-3-4-8-13(12)17(15)14(16(19)20)9-11-5-1-2-6-11/h3-4,7-8,11,14H,1-2,5-6,9-10H2,(H,19,20). The number of nitrogens with zero attached hydrogens (tertiary/aromatic N) is 1. The van der Waals surface area contributed by atoms with Gasteiger partial charge in [-0.15, -0.1) is 0 Å². The Bertz CT molecular complexity index is 534. The summed E-state index contributed by atoms with van der Waals surface area (Å²) >= 11 is 0. The van der Waals surface area contributed by atoms with Crippen molar-refractivity contribution in [1.29, 1.82) is 0 Å². The van der Waals surface area contributed by atoms with Gasteiger partial charge in [-0.2, -0.15) is 0 Å². The molecular formula is C16H19NO3. The van der Waals surface area contributed by atoms with Gasteiger partial charge in [-0.25, -0.2) is 4.79 Å². The minimum absolute atomic E-state index is 0.0865. The van der Waals surface area contributed by atoms with Gasteiger partial charge < -0.3 is 5.11 Å². The molecule has 1 fully saturated rings. The Kier molecular flexibility index (Phi) is 3.47. The van der Waals surface area contributed by atoms with Crippen LogP contribution in [0, 0.1) is 5.92 Å². The molecule has 0 aromatic heterocycles. The molecule has 4 nitrogen and oxygen atoms in total. The van der Waals surface area contributed by atoms with Crippen LogP contribution < -0.4 is 4.90 Å². The maximum atomic E-state index is 12.2. The van der Waals surface area contributed by atoms with Crippen LogP contribution in [0.4, 0.5) is 5.69 Å². The Balaban J connectivity index is 1.87. The SMILES string of the molecule is O=C(O)C(CC1CCCC1)N1C(=O)Cc2ccccc21. The summed E-state index contributed by atoms with van der Waals surface area (Å²) in [5.74, 6) is -0.532. The fourth-order valence-corrected chi connectivity index (χ4v) is 3.50. The number of aliphatic carboxylic acids is 1. The molecule has 0 spiro atoms. The van der Waals surface area contributed by atoms with Crippen LogP contribution in [0.25, 0.3) is 0 Å². The van der Waals surface area contributed by atoms with Gasteiger partial charge in [0, 0.05) is 5.69 Å². The summed E-state index contributed by atoms with van der Waals surface area (Å²) in [5, 5.41) is 9.54. The average molecular weight is 273 g/mol. The topological polar surface area (TPSA) is 57.6 Å². The summed E-state index contributed by atoms with van der Waals surface area (Å²) in [6.45, 7) is 0. The number of carbonyl (C=O) groups is 2. The first-order valence-electron chi connectivity index (χ1n) is 7.29. The molecule has 106 valence electrons. The van der Waals surface area contributed by atoms with Crippen molar-refractivity contribution in [2.45, 2.75) is 44.6 Å². The third kappa shape index (κ3) is 2.30. The lowest BCUT2D eigenvalue weighted by Crippen LogP contribution is -2.44. The van der Waals surface area contributed by atoms with Crippen LogP contribution in [0.1, 0.15) is 37.7 Å². The lowest BCUT2D eigenvalue weighted by Gasteiger charge is -2.27. The van der Waals surface area contributed by atoms with Crippen molar-refractivity contribution in [2.24, 2.45) is 5.92 Å². The second kappa shape index (κ2) is 5.27. The maximum Gasteiger partial charge on any atom is 0.326 e. The van der Waals surface area contributed by atoms with Crippen LogP contribution in [-0.4, -0.2) is 23.0 Å². The third-order valence-corrected chi connectivity index (χ3v) is 4.49. The van der Waals surface area contributed by atoms with Crippen molar-refractivity contribution in [3.05, 3.63) is 29.8 Å². The van der Waals surface area contributed by atoms with Crippen LogP contribution in [0.5, 0.6) is 0 Å². The molecule has 0 bridgehead atoms. The van der Waals surface area contributed by atoms with Gasteiger partial charge in [0.05, 0.1) is 6.42 Å². The molecular weight excluding hydrogens is 254 g/mol. The fraction of sp³-hybridized carbons (Fsp3) is 0.500. The predicted octanol–water partition coefficient (Wildman–Crippen LogP) is 2.61. The number of carboxylic acid groups (broad SMARTS) is 1. The number of hydrogen-bond acceptors (Lipinski definition) is 2. The van der Waals surface area contributed by atoms with E-state index >= 15 is 0 Å². The molecule has 0 saturated heterocycles. The van der Waals surface area contributed by atoms with Crippen molar-refractivity contribution >= 4 is 17.6 Å². The Morgan fingerprint density at radius 1 is 1.30 bits per heavy atom. The molecule has 1 aliphatic carbocycles. The molecule has 1 N–H and O–H groups in total. The molecule has 1 amide bonds. The first-order valence-corrected chi connectivity index (χ1v) is 7.29. The van der Waals surface area contributed by atoms with E-state index in [-0.39, 0.29) is 5.91 Å². The molecule has 1 heterocycles. The first-order chi connectivity index (χ1) is 9.66. The number of amides is 1. The number of benzene rings is 1. The van der Waals surface area contributed by atoms with E-state index in [9.17, 15) is 14.7 Å². The van der Waals surface area contributed by atoms with Crippen molar-refractivity contribution in [3.63, 3.8) is 0 Å². The van der Waals surface area contributed by atoms with Gasteiger partial charge >= 0.3 is 5.97 Å². The quantitative estimate of drug-likeness (QED) is 0.917. The normalized spacial score (nSPS) is 20.2. The van der Waals surface area contributed by atoms with Crippen LogP contribution in [0.3, 0.4) is 0 Å². The van der Waals surface area contributed by atoms with Crippen LogP contribution in [-0.2, 0) is 16.0 Å². The molecule has 2 aliphatic rings. The first kappa shape index (κ1) is 13.2. The monoisotopic (exact) mass is 273 g/mol. The molecule has 1 atom stereocenters. The van der Waals surface area contributed by atoms with E-state index in [0.717, 1.165) is 24.1 Å². The predicted molar refractivity (Wildman–Crippen MR) is 75.6 cm³/mol. The molecule has 1 aromatic carbocycles. The van der Waals surface area contributed by atoms with E-state index in [2.05, 4.69) is 0 Å². The van der Waals surface area contributed by atoms with Gasteiger partial charge in [0.1, 0.15) is 6.04 Å². The number of anilines is 1. The van der Waals surface area contributed by atoms with Gasteiger partial charge in [0.2, 0.25) is 5.91 Å². The molecule has 1 aliphatic heterocycles. The van der Waals surface area contributed by atoms with Gasteiger partial charge in [-0.1, -0.05) is 43.9 Å². The van der Waals surface area contributed by atoms with E-state index < -0.39 is 12.0 Å². The molecule has 20 heavy (non-hydrogen) atoms. The lowest BCUT2D eigenvalue weighted by atomic mass is 9.97. The Morgan fingerprint density at radius 2 is 2.00 bits per heavy atom. The van der Waals surface area contributed by atoms with Gasteiger partial charge in [0.15, 0.2) is 0 Å². The summed E-state index contributed by atoms with van der Waals surface area (Å²) in [5.41, 5.74) is 1.72. The van der Waals surface area contributed by atoms with E-state index in [1.807, 2.05) is 24.3 Å². The van der Waals surface area contributed by atoms with Crippen molar-refractivity contribution in [1.82, 2.24) is 0 Å². The number of fused-ring (bicyclic) bond motifs is 1. The minimum Gasteiger partial charge on any atom is -0.480 e. The third-order valence-electron chi connectivity index (χ3n) is 4.49. The maximum absolute atomic E-state index is 12.2. The van der Waals surface area contributed by atoms with Gasteiger partial charge in [-0.3, -0.25) is 9.69 Å². The van der Waals surface area contributed by atoms with Crippen molar-refractivity contribution in [3.8, 4) is 0 Å². The van der Waals surface area contributed by atoms with E-state index in [1.165, 1.54) is 17.7 Å². The highest BCUT2D eigenvalue weighted by atomic mass is 16.4. The van der Waals surface area contributed by atoms with Crippen molar-refractivity contribution < 1.29 is 14.7 Å². The molecule has 0 radical (unpaired) electrons. The summed E-state index contributed by atoms with van der Waals surface area (Å²) in [4.78, 5) is 25.4. The van der Waals surface area contributed by atoms with Gasteiger partial charge in [0.25, 0.3) is 0 Å². The molecule has 1 aromatic rings. The molecule has 3 rings (SSSR count). The Labute approximate surface area is 118 Å². The zero-order valence-corrected chi connectivity index (χ0v) is 11.4. The van der Waals surface area contributed by atoms with Crippen LogP contribution in [0.15, 0.2) is 24.3 Å². The second-order valence-corrected chi connectivity index (χ2v) is 5.81. The summed E-state index contributed by atoms with van der Waals surface area (Å²) in [6, 6.07) is 6.79. The summed E-state index contributed by atoms with van der Waals surface area (Å²) in [6.07, 6.45) is 5.45.